The molecule has 196 valence electrons. The normalized spacial score (nSPS) is 18.0. The first kappa shape index (κ1) is 23.3. The number of nitrogens with zero attached hydrogens (tertiary/aromatic N) is 8. The molecule has 11 nitrogen and oxygen atoms in total. The number of hydrogen-bond donors (Lipinski definition) is 2. The summed E-state index contributed by atoms with van der Waals surface area (Å²) in [4.78, 5) is 18.8. The third-order valence-electron chi connectivity index (χ3n) is 7.61. The minimum atomic E-state index is -0.265. The molecular weight excluding hydrogens is 487 g/mol. The van der Waals surface area contributed by atoms with Gasteiger partial charge in [0, 0.05) is 67.6 Å². The Kier molecular flexibility index (Phi) is 5.79. The molecule has 1 aromatic carbocycles. The van der Waals surface area contributed by atoms with Gasteiger partial charge in [-0.15, -0.1) is 0 Å². The van der Waals surface area contributed by atoms with E-state index in [0.29, 0.717) is 30.9 Å². The lowest BCUT2D eigenvalue weighted by molar-refractivity contribution is 0.146. The number of ether oxygens (including phenoxy) is 1. The van der Waals surface area contributed by atoms with E-state index in [-0.39, 0.29) is 12.4 Å². The Morgan fingerprint density at radius 2 is 1.97 bits per heavy atom. The molecule has 0 atom stereocenters. The maximum absolute atomic E-state index is 14.6. The van der Waals surface area contributed by atoms with Crippen molar-refractivity contribution in [1.29, 1.82) is 0 Å². The Bertz CT molecular complexity index is 1590. The molecule has 1 saturated heterocycles. The van der Waals surface area contributed by atoms with Crippen LogP contribution in [0.3, 0.4) is 0 Å². The van der Waals surface area contributed by atoms with Crippen LogP contribution in [0.5, 0.6) is 5.75 Å². The number of fused-ring (bicyclic) bond motifs is 3. The predicted molar refractivity (Wildman–Crippen MR) is 139 cm³/mol. The van der Waals surface area contributed by atoms with Crippen LogP contribution in [0.1, 0.15) is 16.8 Å². The maximum Gasteiger partial charge on any atom is 0.227 e. The van der Waals surface area contributed by atoms with Crippen molar-refractivity contribution in [1.82, 2.24) is 39.4 Å². The van der Waals surface area contributed by atoms with Crippen molar-refractivity contribution in [3.8, 4) is 16.9 Å². The SMILES string of the molecule is CN1CCN(Cc2ccc(-c3cnc(=NCc4c(F)ccc5c4CCO5)n4c3NNC4)c3ncnn23)CC1. The molecule has 0 aliphatic carbocycles. The summed E-state index contributed by atoms with van der Waals surface area (Å²) < 4.78 is 24.1. The van der Waals surface area contributed by atoms with E-state index in [1.54, 1.807) is 18.6 Å². The fourth-order valence-electron chi connectivity index (χ4n) is 5.47. The molecule has 7 rings (SSSR count). The van der Waals surface area contributed by atoms with E-state index in [9.17, 15) is 4.39 Å². The second-order valence-electron chi connectivity index (χ2n) is 9.94. The van der Waals surface area contributed by atoms with E-state index >= 15 is 0 Å². The van der Waals surface area contributed by atoms with Crippen LogP contribution in [0.2, 0.25) is 0 Å². The number of pyridine rings is 1. The number of benzene rings is 1. The molecule has 3 aliphatic rings. The largest absolute Gasteiger partial charge is 0.493 e. The van der Waals surface area contributed by atoms with Gasteiger partial charge in [0.25, 0.3) is 0 Å². The van der Waals surface area contributed by atoms with Crippen molar-refractivity contribution in [3.63, 3.8) is 0 Å². The molecule has 12 heteroatoms. The summed E-state index contributed by atoms with van der Waals surface area (Å²) in [6.45, 7) is 6.27. The number of rotatable bonds is 5. The molecular formula is C26H29FN10O. The van der Waals surface area contributed by atoms with E-state index < -0.39 is 0 Å². The summed E-state index contributed by atoms with van der Waals surface area (Å²) in [6.07, 6.45) is 4.08. The van der Waals surface area contributed by atoms with Crippen LogP contribution in [0, 0.1) is 5.82 Å². The number of piperazine rings is 1. The Morgan fingerprint density at radius 3 is 2.87 bits per heavy atom. The summed E-state index contributed by atoms with van der Waals surface area (Å²) in [5.41, 5.74) is 12.1. The topological polar surface area (TPSA) is 100 Å². The van der Waals surface area contributed by atoms with Gasteiger partial charge in [-0.1, -0.05) is 0 Å². The summed E-state index contributed by atoms with van der Waals surface area (Å²) in [5, 5.41) is 4.54. The highest BCUT2D eigenvalue weighted by molar-refractivity contribution is 5.84. The van der Waals surface area contributed by atoms with Gasteiger partial charge in [-0.3, -0.25) is 9.47 Å². The number of halogens is 1. The minimum Gasteiger partial charge on any atom is -0.493 e. The Balaban J connectivity index is 1.23. The first-order chi connectivity index (χ1) is 18.7. The first-order valence-electron chi connectivity index (χ1n) is 12.9. The van der Waals surface area contributed by atoms with Crippen molar-refractivity contribution >= 4 is 11.5 Å². The Labute approximate surface area is 218 Å². The van der Waals surface area contributed by atoms with E-state index in [2.05, 4.69) is 54.9 Å². The van der Waals surface area contributed by atoms with Gasteiger partial charge >= 0.3 is 0 Å². The highest BCUT2D eigenvalue weighted by atomic mass is 19.1. The number of hydrazine groups is 1. The average Bonchev–Trinajstić information content (AvgIpc) is 3.70. The number of nitrogens with one attached hydrogen (secondary N) is 2. The Hall–Kier alpha value is -3.87. The van der Waals surface area contributed by atoms with Crippen molar-refractivity contribution < 1.29 is 9.13 Å². The number of hydrogen-bond acceptors (Lipinski definition) is 9. The molecule has 0 saturated carbocycles. The summed E-state index contributed by atoms with van der Waals surface area (Å²) in [6, 6.07) is 7.35. The monoisotopic (exact) mass is 516 g/mol. The molecule has 0 unspecified atom stereocenters. The predicted octanol–water partition coefficient (Wildman–Crippen LogP) is 1.40. The number of likely N-dealkylation sites (N-methyl/N-ethyl adjacent to an activating group) is 1. The van der Waals surface area contributed by atoms with E-state index in [4.69, 9.17) is 9.73 Å². The van der Waals surface area contributed by atoms with Crippen LogP contribution < -0.4 is 21.2 Å². The van der Waals surface area contributed by atoms with Crippen molar-refractivity contribution in [2.45, 2.75) is 26.2 Å². The Morgan fingerprint density at radius 1 is 1.08 bits per heavy atom. The maximum atomic E-state index is 14.6. The van der Waals surface area contributed by atoms with Gasteiger partial charge in [0.2, 0.25) is 5.62 Å². The smallest absolute Gasteiger partial charge is 0.227 e. The highest BCUT2D eigenvalue weighted by Crippen LogP contribution is 2.32. The first-order valence-corrected chi connectivity index (χ1v) is 12.9. The van der Waals surface area contributed by atoms with Crippen LogP contribution >= 0.6 is 0 Å². The lowest BCUT2D eigenvalue weighted by Gasteiger charge is -2.32. The van der Waals surface area contributed by atoms with Gasteiger partial charge in [-0.2, -0.15) is 5.10 Å². The van der Waals surface area contributed by atoms with Gasteiger partial charge in [0.1, 0.15) is 23.7 Å². The third-order valence-corrected chi connectivity index (χ3v) is 7.61. The second kappa shape index (κ2) is 9.46. The number of aromatic nitrogens is 5. The average molecular weight is 517 g/mol. The van der Waals surface area contributed by atoms with Gasteiger partial charge in [-0.25, -0.2) is 29.3 Å². The molecule has 4 aromatic rings. The molecule has 1 fully saturated rings. The van der Waals surface area contributed by atoms with E-state index in [0.717, 1.165) is 72.3 Å². The second-order valence-corrected chi connectivity index (χ2v) is 9.94. The zero-order valence-corrected chi connectivity index (χ0v) is 21.2. The molecule has 38 heavy (non-hydrogen) atoms. The molecule has 3 aliphatic heterocycles. The molecule has 0 spiro atoms. The molecule has 3 aromatic heterocycles. The van der Waals surface area contributed by atoms with Crippen LogP contribution in [0.25, 0.3) is 16.8 Å². The van der Waals surface area contributed by atoms with Gasteiger partial charge in [-0.05, 0) is 31.3 Å². The van der Waals surface area contributed by atoms with Gasteiger partial charge in [0.15, 0.2) is 5.65 Å². The highest BCUT2D eigenvalue weighted by Gasteiger charge is 2.22. The van der Waals surface area contributed by atoms with Crippen LogP contribution in [0.15, 0.2) is 41.8 Å². The third kappa shape index (κ3) is 4.01. The molecule has 0 radical (unpaired) electrons. The zero-order chi connectivity index (χ0) is 25.6. The van der Waals surface area contributed by atoms with Crippen LogP contribution in [-0.4, -0.2) is 73.8 Å². The molecule has 0 amide bonds. The van der Waals surface area contributed by atoms with Crippen LogP contribution in [0.4, 0.5) is 10.2 Å². The standard InChI is InChI=1S/C26H29FN10O/c1-34-7-9-35(10-8-34)14-17-2-3-19(24-30-15-32-37(17)24)21-13-29-26(36-16-31-33-25(21)36)28-12-20-18-6-11-38-23(18)5-4-22(20)27/h2-5,13,15,31,33H,6-12,14,16H2,1H3. The van der Waals surface area contributed by atoms with E-state index in [1.807, 2.05) is 9.08 Å². The summed E-state index contributed by atoms with van der Waals surface area (Å²) in [7, 11) is 2.16. The molecule has 0 bridgehead atoms. The summed E-state index contributed by atoms with van der Waals surface area (Å²) in [5.74, 6) is 1.31. The van der Waals surface area contributed by atoms with Gasteiger partial charge < -0.3 is 15.1 Å². The van der Waals surface area contributed by atoms with Crippen molar-refractivity contribution in [2.24, 2.45) is 4.99 Å². The molecule has 6 heterocycles. The minimum absolute atomic E-state index is 0.194. The van der Waals surface area contributed by atoms with Gasteiger partial charge in [0.05, 0.1) is 25.5 Å². The lowest BCUT2D eigenvalue weighted by Crippen LogP contribution is -2.44. The van der Waals surface area contributed by atoms with Crippen LogP contribution in [-0.2, 0) is 26.2 Å². The zero-order valence-electron chi connectivity index (χ0n) is 21.2. The quantitative estimate of drug-likeness (QED) is 0.411. The fraction of sp³-hybridized carbons (Fsp3) is 0.385. The summed E-state index contributed by atoms with van der Waals surface area (Å²) >= 11 is 0. The fourth-order valence-corrected chi connectivity index (χ4v) is 5.47. The van der Waals surface area contributed by atoms with Crippen molar-refractivity contribution in [2.75, 3.05) is 45.3 Å². The molecule has 2 N–H and O–H groups in total. The van der Waals surface area contributed by atoms with Crippen molar-refractivity contribution in [3.05, 3.63) is 65.0 Å². The lowest BCUT2D eigenvalue weighted by atomic mass is 10.0. The van der Waals surface area contributed by atoms with E-state index in [1.165, 1.54) is 6.07 Å². The number of anilines is 1.